The summed E-state index contributed by atoms with van der Waals surface area (Å²) in [5.74, 6) is 0. The Balaban J connectivity index is 2.00. The summed E-state index contributed by atoms with van der Waals surface area (Å²) in [7, 11) is 0. The number of benzene rings is 2. The summed E-state index contributed by atoms with van der Waals surface area (Å²) in [6.07, 6.45) is 6.88. The molecular weight excluding hydrogens is 242 g/mol. The van der Waals surface area contributed by atoms with E-state index in [1.54, 1.807) is 0 Å². The van der Waals surface area contributed by atoms with Crippen molar-refractivity contribution in [2.24, 2.45) is 0 Å². The zero-order valence-electron chi connectivity index (χ0n) is 11.6. The molecule has 1 aliphatic heterocycles. The highest BCUT2D eigenvalue weighted by Crippen LogP contribution is 2.22. The van der Waals surface area contributed by atoms with E-state index in [9.17, 15) is 0 Å². The van der Waals surface area contributed by atoms with Gasteiger partial charge in [0.15, 0.2) is 0 Å². The molecule has 0 aliphatic carbocycles. The highest BCUT2D eigenvalue weighted by molar-refractivity contribution is 5.90. The first-order chi connectivity index (χ1) is 9.93. The van der Waals surface area contributed by atoms with Crippen molar-refractivity contribution >= 4 is 11.8 Å². The molecule has 2 aromatic carbocycles. The maximum absolute atomic E-state index is 2.28. The van der Waals surface area contributed by atoms with Gasteiger partial charge < -0.3 is 4.58 Å². The van der Waals surface area contributed by atoms with Gasteiger partial charge >= 0.3 is 0 Å². The summed E-state index contributed by atoms with van der Waals surface area (Å²) >= 11 is 0. The van der Waals surface area contributed by atoms with Gasteiger partial charge in [0.25, 0.3) is 0 Å². The number of nitrogens with zero attached hydrogens (tertiary/aromatic N) is 1. The first-order valence-electron chi connectivity index (χ1n) is 7.18. The molecular formula is C19H19N. The molecule has 0 aromatic heterocycles. The molecule has 0 N–H and O–H groups in total. The van der Waals surface area contributed by atoms with E-state index in [2.05, 4.69) is 84.1 Å². The Hall–Kier alpha value is -2.28. The molecule has 100 valence electrons. The van der Waals surface area contributed by atoms with Gasteiger partial charge in [-0.1, -0.05) is 66.7 Å². The van der Waals surface area contributed by atoms with E-state index in [0.717, 1.165) is 6.54 Å². The molecule has 20 heavy (non-hydrogen) atoms. The van der Waals surface area contributed by atoms with Gasteiger partial charge in [0, 0.05) is 12.8 Å². The first kappa shape index (κ1) is 12.7. The second-order valence-corrected chi connectivity index (χ2v) is 5.02. The van der Waals surface area contributed by atoms with Crippen LogP contribution in [-0.4, -0.2) is 17.3 Å². The topological polar surface area (TPSA) is 3.01 Å². The minimum Gasteiger partial charge on any atom is -0.366 e. The summed E-state index contributed by atoms with van der Waals surface area (Å²) in [5.41, 5.74) is 3.79. The van der Waals surface area contributed by atoms with Crippen LogP contribution in [0.5, 0.6) is 0 Å². The summed E-state index contributed by atoms with van der Waals surface area (Å²) in [5, 5.41) is 0. The third kappa shape index (κ3) is 3.00. The molecule has 0 spiro atoms. The zero-order chi connectivity index (χ0) is 13.6. The van der Waals surface area contributed by atoms with Gasteiger partial charge in [-0.3, -0.25) is 0 Å². The fourth-order valence-electron chi connectivity index (χ4n) is 2.52. The van der Waals surface area contributed by atoms with Crippen molar-refractivity contribution in [2.45, 2.75) is 12.8 Å². The zero-order valence-corrected chi connectivity index (χ0v) is 11.6. The molecule has 1 fully saturated rings. The van der Waals surface area contributed by atoms with Crippen LogP contribution >= 0.6 is 0 Å². The smallest absolute Gasteiger partial charge is 0.114 e. The van der Waals surface area contributed by atoms with Crippen LogP contribution < -0.4 is 0 Å². The average molecular weight is 261 g/mol. The number of hydrogen-bond acceptors (Lipinski definition) is 0. The molecule has 1 saturated heterocycles. The van der Waals surface area contributed by atoms with E-state index in [-0.39, 0.29) is 0 Å². The van der Waals surface area contributed by atoms with Crippen LogP contribution in [0.1, 0.15) is 24.0 Å². The fourth-order valence-corrected chi connectivity index (χ4v) is 2.52. The number of allylic oxidation sites excluding steroid dienone is 1. The summed E-state index contributed by atoms with van der Waals surface area (Å²) < 4.78 is 2.28. The molecule has 1 aliphatic rings. The lowest BCUT2D eigenvalue weighted by molar-refractivity contribution is -0.462. The third-order valence-electron chi connectivity index (χ3n) is 3.59. The molecule has 1 heterocycles. The Morgan fingerprint density at radius 1 is 0.900 bits per heavy atom. The average Bonchev–Trinajstić information content (AvgIpc) is 3.03. The molecule has 0 bridgehead atoms. The SMILES string of the molecule is C(C=[N+]1[CH-]CCC1)=C(c1ccccc1)c1ccccc1. The molecule has 2 aromatic rings. The van der Waals surface area contributed by atoms with Crippen molar-refractivity contribution in [3.8, 4) is 0 Å². The van der Waals surface area contributed by atoms with Crippen LogP contribution in [0, 0.1) is 6.54 Å². The molecule has 0 unspecified atom stereocenters. The minimum absolute atomic E-state index is 1.13. The monoisotopic (exact) mass is 261 g/mol. The van der Waals surface area contributed by atoms with Crippen LogP contribution in [0.15, 0.2) is 66.7 Å². The van der Waals surface area contributed by atoms with E-state index in [4.69, 9.17) is 0 Å². The maximum atomic E-state index is 2.28. The van der Waals surface area contributed by atoms with Gasteiger partial charge in [-0.25, -0.2) is 0 Å². The molecule has 1 heteroatoms. The van der Waals surface area contributed by atoms with Gasteiger partial charge in [-0.05, 0) is 29.5 Å². The highest BCUT2D eigenvalue weighted by atomic mass is 15.0. The van der Waals surface area contributed by atoms with Crippen LogP contribution in [0.4, 0.5) is 0 Å². The Bertz CT molecular complexity index is 559. The van der Waals surface area contributed by atoms with Crippen LogP contribution in [0.3, 0.4) is 0 Å². The van der Waals surface area contributed by atoms with Crippen molar-refractivity contribution in [3.05, 3.63) is 84.4 Å². The second-order valence-electron chi connectivity index (χ2n) is 5.02. The molecule has 0 saturated carbocycles. The predicted molar refractivity (Wildman–Crippen MR) is 84.7 cm³/mol. The van der Waals surface area contributed by atoms with Gasteiger partial charge in [0.05, 0.1) is 0 Å². The number of rotatable bonds is 3. The first-order valence-corrected chi connectivity index (χ1v) is 7.18. The third-order valence-corrected chi connectivity index (χ3v) is 3.59. The molecule has 3 rings (SSSR count). The lowest BCUT2D eigenvalue weighted by Gasteiger charge is -2.08. The largest absolute Gasteiger partial charge is 0.366 e. The molecule has 0 atom stereocenters. The maximum Gasteiger partial charge on any atom is 0.114 e. The Morgan fingerprint density at radius 2 is 1.50 bits per heavy atom. The number of hydrogen-bond donors (Lipinski definition) is 0. The van der Waals surface area contributed by atoms with E-state index < -0.39 is 0 Å². The van der Waals surface area contributed by atoms with E-state index in [1.165, 1.54) is 29.5 Å². The van der Waals surface area contributed by atoms with Gasteiger partial charge in [-0.15, -0.1) is 0 Å². The van der Waals surface area contributed by atoms with Crippen molar-refractivity contribution in [1.82, 2.24) is 0 Å². The van der Waals surface area contributed by atoms with Gasteiger partial charge in [0.1, 0.15) is 6.54 Å². The fraction of sp³-hybridized carbons (Fsp3) is 0.158. The van der Waals surface area contributed by atoms with E-state index >= 15 is 0 Å². The predicted octanol–water partition coefficient (Wildman–Crippen LogP) is 4.16. The van der Waals surface area contributed by atoms with Crippen molar-refractivity contribution in [2.75, 3.05) is 6.54 Å². The van der Waals surface area contributed by atoms with Gasteiger partial charge in [0.2, 0.25) is 0 Å². The summed E-state index contributed by atoms with van der Waals surface area (Å²) in [6.45, 7) is 3.40. The standard InChI is InChI=1S/C19H19N/c1-3-9-17(10-4-1)19(18-11-5-2-6-12-18)13-16-20-14-7-8-15-20/h1-6,9-14,16H,7-8,15H2. The quantitative estimate of drug-likeness (QED) is 0.576. The highest BCUT2D eigenvalue weighted by Gasteiger charge is 2.05. The van der Waals surface area contributed by atoms with Crippen LogP contribution in [0.2, 0.25) is 0 Å². The Morgan fingerprint density at radius 3 is 2.00 bits per heavy atom. The van der Waals surface area contributed by atoms with Crippen LogP contribution in [0.25, 0.3) is 5.57 Å². The minimum atomic E-state index is 1.13. The lowest BCUT2D eigenvalue weighted by atomic mass is 9.98. The van der Waals surface area contributed by atoms with E-state index in [0.29, 0.717) is 0 Å². The molecule has 0 radical (unpaired) electrons. The van der Waals surface area contributed by atoms with Crippen molar-refractivity contribution < 1.29 is 4.58 Å². The van der Waals surface area contributed by atoms with E-state index in [1.807, 2.05) is 0 Å². The molecule has 0 amide bonds. The lowest BCUT2D eigenvalue weighted by Crippen LogP contribution is -2.02. The summed E-state index contributed by atoms with van der Waals surface area (Å²) in [6, 6.07) is 21.2. The second kappa shape index (κ2) is 6.25. The Kier molecular flexibility index (Phi) is 3.98. The molecule has 1 nitrogen and oxygen atoms in total. The van der Waals surface area contributed by atoms with Crippen LogP contribution in [-0.2, 0) is 0 Å². The normalized spacial score (nSPS) is 15.9. The Labute approximate surface area is 120 Å². The van der Waals surface area contributed by atoms with Gasteiger partial charge in [-0.2, -0.15) is 0 Å². The van der Waals surface area contributed by atoms with Crippen molar-refractivity contribution in [3.63, 3.8) is 0 Å². The summed E-state index contributed by atoms with van der Waals surface area (Å²) in [4.78, 5) is 0. The van der Waals surface area contributed by atoms with Crippen molar-refractivity contribution in [1.29, 1.82) is 0 Å².